The van der Waals surface area contributed by atoms with Crippen molar-refractivity contribution in [3.05, 3.63) is 47.2 Å². The van der Waals surface area contributed by atoms with E-state index in [4.69, 9.17) is 11.6 Å². The van der Waals surface area contributed by atoms with Gasteiger partial charge in [0.1, 0.15) is 10.7 Å². The van der Waals surface area contributed by atoms with Crippen LogP contribution < -0.4 is 14.9 Å². The maximum Gasteiger partial charge on any atom is 0.175 e. The van der Waals surface area contributed by atoms with Crippen LogP contribution in [0.4, 0.5) is 21.5 Å². The number of para-hydroxylation sites is 2. The van der Waals surface area contributed by atoms with Gasteiger partial charge < -0.3 is 10.2 Å². The predicted molar refractivity (Wildman–Crippen MR) is 132 cm³/mol. The number of nitrogens with one attached hydrogen (secondary N) is 2. The number of halogens is 2. The summed E-state index contributed by atoms with van der Waals surface area (Å²) in [4.78, 5) is 5.90. The zero-order valence-corrected chi connectivity index (χ0v) is 20.4. The van der Waals surface area contributed by atoms with Crippen LogP contribution in [0.15, 0.2) is 46.3 Å². The molecule has 6 nitrogen and oxygen atoms in total. The Balaban J connectivity index is 1.92. The van der Waals surface area contributed by atoms with Gasteiger partial charge in [0.25, 0.3) is 0 Å². The topological polar surface area (TPSA) is 77.0 Å². The normalized spacial score (nSPS) is 17.6. The Hall–Kier alpha value is -1.81. The van der Waals surface area contributed by atoms with Crippen molar-refractivity contribution in [3.8, 4) is 0 Å². The molecule has 0 fully saturated rings. The first-order chi connectivity index (χ1) is 14.5. The molecule has 2 aromatic rings. The third-order valence-corrected chi connectivity index (χ3v) is 8.29. The van der Waals surface area contributed by atoms with E-state index in [0.717, 1.165) is 36.7 Å². The monoisotopic (exact) mass is 486 g/mol. The van der Waals surface area contributed by atoms with E-state index in [1.807, 2.05) is 38.2 Å². The maximum absolute atomic E-state index is 15.1. The van der Waals surface area contributed by atoms with Gasteiger partial charge in [0.15, 0.2) is 5.17 Å². The van der Waals surface area contributed by atoms with Crippen molar-refractivity contribution in [2.45, 2.75) is 30.4 Å². The third kappa shape index (κ3) is 5.52. The van der Waals surface area contributed by atoms with Gasteiger partial charge in [-0.2, -0.15) is 4.21 Å². The number of hydrogen-bond donors (Lipinski definition) is 3. The molecule has 1 unspecified atom stereocenters. The molecule has 0 amide bonds. The summed E-state index contributed by atoms with van der Waals surface area (Å²) in [6.45, 7) is 5.44. The molecule has 0 saturated carbocycles. The quantitative estimate of drug-likeness (QED) is 0.492. The van der Waals surface area contributed by atoms with Crippen LogP contribution >= 0.6 is 23.4 Å². The van der Waals surface area contributed by atoms with Gasteiger partial charge in [-0.15, -0.1) is 0 Å². The summed E-state index contributed by atoms with van der Waals surface area (Å²) >= 11 is 7.76. The highest BCUT2D eigenvalue weighted by Gasteiger charge is 2.32. The van der Waals surface area contributed by atoms with Crippen LogP contribution in [-0.4, -0.2) is 45.6 Å². The number of aliphatic imine (C=N–C) groups is 1. The molecule has 1 aliphatic heterocycles. The Morgan fingerprint density at radius 1 is 1.35 bits per heavy atom. The lowest BCUT2D eigenvalue weighted by atomic mass is 10.2. The maximum atomic E-state index is 15.1. The average Bonchev–Trinajstić information content (AvgIpc) is 3.08. The molecule has 31 heavy (non-hydrogen) atoms. The average molecular weight is 487 g/mol. The first-order valence-corrected chi connectivity index (χ1v) is 13.5. The minimum Gasteiger partial charge on any atom is -0.373 e. The van der Waals surface area contributed by atoms with Crippen LogP contribution in [0.3, 0.4) is 0 Å². The first kappa shape index (κ1) is 23.8. The van der Waals surface area contributed by atoms with E-state index in [2.05, 4.69) is 26.9 Å². The minimum atomic E-state index is -4.75. The number of rotatable bonds is 7. The molecule has 0 aromatic heterocycles. The molecule has 0 aliphatic carbocycles. The fourth-order valence-electron chi connectivity index (χ4n) is 3.30. The third-order valence-electron chi connectivity index (χ3n) is 4.82. The lowest BCUT2D eigenvalue weighted by Crippen LogP contribution is -2.48. The van der Waals surface area contributed by atoms with Gasteiger partial charge in [-0.05, 0) is 24.6 Å². The van der Waals surface area contributed by atoms with E-state index in [1.54, 1.807) is 0 Å². The van der Waals surface area contributed by atoms with Crippen molar-refractivity contribution in [1.82, 2.24) is 4.72 Å². The lowest BCUT2D eigenvalue weighted by molar-refractivity contribution is 0.500. The summed E-state index contributed by atoms with van der Waals surface area (Å²) in [5.41, 5.74) is 2.01. The van der Waals surface area contributed by atoms with Crippen molar-refractivity contribution in [2.75, 3.05) is 36.6 Å². The Labute approximate surface area is 192 Å². The van der Waals surface area contributed by atoms with E-state index in [1.165, 1.54) is 17.8 Å². The van der Waals surface area contributed by atoms with Crippen LogP contribution in [0.2, 0.25) is 5.02 Å². The number of nitrogens with zero attached hydrogens (tertiary/aromatic N) is 2. The Kier molecular flexibility index (Phi) is 6.90. The summed E-state index contributed by atoms with van der Waals surface area (Å²) in [6, 6.07) is 9.98. The minimum absolute atomic E-state index is 0.135. The first-order valence-electron chi connectivity index (χ1n) is 9.94. The molecule has 3 N–H and O–H groups in total. The van der Waals surface area contributed by atoms with Gasteiger partial charge >= 0.3 is 0 Å². The van der Waals surface area contributed by atoms with E-state index >= 15 is 4.39 Å². The number of benzene rings is 2. The Morgan fingerprint density at radius 2 is 2.06 bits per heavy atom. The number of hydrogen-bond acceptors (Lipinski definition) is 5. The van der Waals surface area contributed by atoms with Crippen molar-refractivity contribution in [2.24, 2.45) is 4.99 Å². The molecule has 0 saturated heterocycles. The van der Waals surface area contributed by atoms with Crippen molar-refractivity contribution >= 4 is 55.1 Å². The van der Waals surface area contributed by atoms with Crippen molar-refractivity contribution in [3.63, 3.8) is 0 Å². The SMILES string of the molecule is CCCN(C)c1ccccc1Nc1cc(F)c(S(C)(=O)(O)NC2=NCC(C)S2)cc1Cl. The van der Waals surface area contributed by atoms with E-state index in [9.17, 15) is 8.76 Å². The molecule has 170 valence electrons. The van der Waals surface area contributed by atoms with E-state index in [-0.39, 0.29) is 10.3 Å². The molecule has 0 bridgehead atoms. The zero-order valence-electron chi connectivity index (χ0n) is 18.0. The standard InChI is InChI=1S/C21H28ClFN4O2S2/c1-5-10-27(3)19-9-7-6-8-17(19)25-18-12-16(23)20(11-15(18)22)31(4,28,29)26-21-24-13-14(2)30-21/h6-9,11-12,14,25H,5,10,13H2,1-4H3,(H2,24,26,28,29). The van der Waals surface area contributed by atoms with Crippen LogP contribution in [-0.2, 0) is 9.53 Å². The highest BCUT2D eigenvalue weighted by Crippen LogP contribution is 2.38. The van der Waals surface area contributed by atoms with Crippen molar-refractivity contribution < 1.29 is 13.2 Å². The van der Waals surface area contributed by atoms with Crippen molar-refractivity contribution in [1.29, 1.82) is 0 Å². The highest BCUT2D eigenvalue weighted by atomic mass is 35.5. The zero-order chi connectivity index (χ0) is 22.8. The predicted octanol–water partition coefficient (Wildman–Crippen LogP) is 5.35. The largest absolute Gasteiger partial charge is 0.373 e. The van der Waals surface area contributed by atoms with Crippen LogP contribution in [0.1, 0.15) is 20.3 Å². The molecule has 1 aliphatic rings. The summed E-state index contributed by atoms with van der Waals surface area (Å²) in [5.74, 6) is -0.836. The van der Waals surface area contributed by atoms with Gasteiger partial charge in [0.05, 0.1) is 28.6 Å². The van der Waals surface area contributed by atoms with Gasteiger partial charge in [-0.1, -0.05) is 58.9 Å². The van der Waals surface area contributed by atoms with Gasteiger partial charge in [-0.3, -0.25) is 14.3 Å². The van der Waals surface area contributed by atoms with Gasteiger partial charge in [-0.25, -0.2) is 4.39 Å². The van der Waals surface area contributed by atoms with Crippen LogP contribution in [0.25, 0.3) is 0 Å². The molecule has 0 spiro atoms. The number of amidine groups is 1. The molecule has 1 atom stereocenters. The van der Waals surface area contributed by atoms with Gasteiger partial charge in [0.2, 0.25) is 0 Å². The van der Waals surface area contributed by atoms with Gasteiger partial charge in [0, 0.05) is 31.2 Å². The smallest absolute Gasteiger partial charge is 0.175 e. The van der Waals surface area contributed by atoms with E-state index in [0.29, 0.717) is 17.4 Å². The fraction of sp³-hybridized carbons (Fsp3) is 0.381. The molecule has 0 radical (unpaired) electrons. The molecule has 3 rings (SSSR count). The molecule has 10 heteroatoms. The Bertz CT molecular complexity index is 1070. The second-order valence-electron chi connectivity index (χ2n) is 7.79. The number of thioether (sulfide) groups is 1. The molecule has 1 heterocycles. The Morgan fingerprint density at radius 3 is 2.71 bits per heavy atom. The molecule has 2 aromatic carbocycles. The summed E-state index contributed by atoms with van der Waals surface area (Å²) < 4.78 is 41.8. The molecular weight excluding hydrogens is 459 g/mol. The summed E-state index contributed by atoms with van der Waals surface area (Å²) in [6.07, 6.45) is 2.05. The highest BCUT2D eigenvalue weighted by molar-refractivity contribution is 8.19. The second-order valence-corrected chi connectivity index (χ2v) is 12.8. The fourth-order valence-corrected chi connectivity index (χ4v) is 6.54. The lowest BCUT2D eigenvalue weighted by Gasteiger charge is -2.40. The van der Waals surface area contributed by atoms with Crippen LogP contribution in [0.5, 0.6) is 0 Å². The van der Waals surface area contributed by atoms with E-state index < -0.39 is 20.2 Å². The summed E-state index contributed by atoms with van der Waals surface area (Å²) in [7, 11) is -2.77. The number of anilines is 3. The second kappa shape index (κ2) is 8.97. The summed E-state index contributed by atoms with van der Waals surface area (Å²) in [5, 5.41) is 3.80. The van der Waals surface area contributed by atoms with Crippen LogP contribution in [0, 0.1) is 5.82 Å². The molecular formula is C21H28ClFN4O2S2.